The van der Waals surface area contributed by atoms with Crippen LogP contribution < -0.4 is 0 Å². The van der Waals surface area contributed by atoms with Gasteiger partial charge in [0.1, 0.15) is 0 Å². The lowest BCUT2D eigenvalue weighted by molar-refractivity contribution is 0.0308. The minimum Gasteiger partial charge on any atom is -0.377 e. The van der Waals surface area contributed by atoms with Gasteiger partial charge in [0.2, 0.25) is 0 Å². The van der Waals surface area contributed by atoms with Gasteiger partial charge in [0, 0.05) is 5.56 Å². The summed E-state index contributed by atoms with van der Waals surface area (Å²) in [6, 6.07) is 16.6. The molecule has 0 saturated carbocycles. The highest BCUT2D eigenvalue weighted by Gasteiger charge is 2.43. The molecule has 0 aromatic heterocycles. The highest BCUT2D eigenvalue weighted by atomic mass is 16.3. The molecule has 1 unspecified atom stereocenters. The molecule has 1 atom stereocenters. The first-order valence-electron chi connectivity index (χ1n) is 6.12. The van der Waals surface area contributed by atoms with Gasteiger partial charge in [0.05, 0.1) is 0 Å². The van der Waals surface area contributed by atoms with Crippen LogP contribution in [0.15, 0.2) is 54.6 Å². The maximum absolute atomic E-state index is 12.5. The Labute approximate surface area is 106 Å². The number of fused-ring (bicyclic) bond motifs is 1. The molecule has 1 aliphatic carbocycles. The molecule has 0 radical (unpaired) electrons. The normalized spacial score (nSPS) is 21.6. The van der Waals surface area contributed by atoms with E-state index in [2.05, 4.69) is 0 Å². The molecule has 3 rings (SSSR count). The summed E-state index contributed by atoms with van der Waals surface area (Å²) in [5, 5.41) is 10.7. The average Bonchev–Trinajstić information content (AvgIpc) is 2.78. The summed E-state index contributed by atoms with van der Waals surface area (Å²) < 4.78 is 0. The smallest absolute Gasteiger partial charge is 0.198 e. The molecule has 0 aliphatic heterocycles. The minimum atomic E-state index is -1.35. The van der Waals surface area contributed by atoms with Crippen LogP contribution in [0.2, 0.25) is 0 Å². The van der Waals surface area contributed by atoms with E-state index in [0.29, 0.717) is 12.0 Å². The van der Waals surface area contributed by atoms with Crippen molar-refractivity contribution in [3.05, 3.63) is 71.3 Å². The topological polar surface area (TPSA) is 37.3 Å². The molecule has 0 bridgehead atoms. The fraction of sp³-hybridized carbons (Fsp3) is 0.188. The van der Waals surface area contributed by atoms with Crippen LogP contribution in [0.4, 0.5) is 0 Å². The van der Waals surface area contributed by atoms with E-state index in [1.807, 2.05) is 42.5 Å². The van der Waals surface area contributed by atoms with Gasteiger partial charge in [-0.2, -0.15) is 0 Å². The third-order valence-electron chi connectivity index (χ3n) is 3.63. The predicted octanol–water partition coefficient (Wildman–Crippen LogP) is 2.70. The number of Topliss-reactive ketones (excluding diaryl/α,β-unsaturated/α-hetero) is 1. The molecular formula is C16H14O2. The van der Waals surface area contributed by atoms with Crippen molar-refractivity contribution in [3.63, 3.8) is 0 Å². The second kappa shape index (κ2) is 4.07. The Hall–Kier alpha value is -1.93. The molecule has 18 heavy (non-hydrogen) atoms. The second-order valence-corrected chi connectivity index (χ2v) is 4.71. The van der Waals surface area contributed by atoms with Gasteiger partial charge >= 0.3 is 0 Å². The molecule has 2 aromatic rings. The Morgan fingerprint density at radius 3 is 2.44 bits per heavy atom. The summed E-state index contributed by atoms with van der Waals surface area (Å²) in [5.41, 5.74) is 1.05. The number of aliphatic hydroxyl groups is 1. The largest absolute Gasteiger partial charge is 0.377 e. The Kier molecular flexibility index (Phi) is 2.53. The van der Waals surface area contributed by atoms with Crippen LogP contribution in [-0.2, 0) is 12.0 Å². The van der Waals surface area contributed by atoms with Crippen molar-refractivity contribution < 1.29 is 9.90 Å². The number of rotatable bonds is 2. The molecule has 0 spiro atoms. The van der Waals surface area contributed by atoms with Gasteiger partial charge < -0.3 is 5.11 Å². The summed E-state index contributed by atoms with van der Waals surface area (Å²) in [7, 11) is 0. The third-order valence-corrected chi connectivity index (χ3v) is 3.63. The van der Waals surface area contributed by atoms with Crippen LogP contribution in [-0.4, -0.2) is 10.9 Å². The lowest BCUT2D eigenvalue weighted by atomic mass is 9.87. The van der Waals surface area contributed by atoms with E-state index in [0.717, 1.165) is 17.5 Å². The number of benzene rings is 2. The summed E-state index contributed by atoms with van der Waals surface area (Å²) in [6.45, 7) is 0. The summed E-state index contributed by atoms with van der Waals surface area (Å²) in [5.74, 6) is -0.201. The first kappa shape index (κ1) is 11.2. The van der Waals surface area contributed by atoms with Crippen molar-refractivity contribution in [3.8, 4) is 0 Å². The van der Waals surface area contributed by atoms with E-state index in [-0.39, 0.29) is 5.78 Å². The molecule has 2 aromatic carbocycles. The lowest BCUT2D eigenvalue weighted by Gasteiger charge is -2.22. The minimum absolute atomic E-state index is 0.201. The van der Waals surface area contributed by atoms with Gasteiger partial charge in [-0.1, -0.05) is 54.6 Å². The molecular weight excluding hydrogens is 224 g/mol. The summed E-state index contributed by atoms with van der Waals surface area (Å²) in [4.78, 5) is 12.5. The zero-order valence-corrected chi connectivity index (χ0v) is 9.97. The van der Waals surface area contributed by atoms with Crippen LogP contribution in [0.5, 0.6) is 0 Å². The molecule has 90 valence electrons. The number of hydrogen-bond acceptors (Lipinski definition) is 2. The third kappa shape index (κ3) is 1.57. The van der Waals surface area contributed by atoms with Crippen LogP contribution in [0.3, 0.4) is 0 Å². The van der Waals surface area contributed by atoms with E-state index < -0.39 is 5.60 Å². The van der Waals surface area contributed by atoms with E-state index in [1.54, 1.807) is 12.1 Å². The van der Waals surface area contributed by atoms with Crippen molar-refractivity contribution >= 4 is 5.78 Å². The van der Waals surface area contributed by atoms with Crippen LogP contribution >= 0.6 is 0 Å². The molecule has 2 heteroatoms. The van der Waals surface area contributed by atoms with Crippen LogP contribution in [0.1, 0.15) is 27.9 Å². The summed E-state index contributed by atoms with van der Waals surface area (Å²) >= 11 is 0. The van der Waals surface area contributed by atoms with Crippen molar-refractivity contribution in [2.45, 2.75) is 18.4 Å². The number of ketones is 1. The number of hydrogen-bond donors (Lipinski definition) is 1. The van der Waals surface area contributed by atoms with Crippen molar-refractivity contribution in [1.29, 1.82) is 0 Å². The number of carbonyl (C=O) groups excluding carboxylic acids is 1. The Morgan fingerprint density at radius 2 is 1.67 bits per heavy atom. The van der Waals surface area contributed by atoms with E-state index in [9.17, 15) is 9.90 Å². The van der Waals surface area contributed by atoms with Gasteiger partial charge in [-0.3, -0.25) is 4.79 Å². The molecule has 1 N–H and O–H groups in total. The quantitative estimate of drug-likeness (QED) is 0.817. The first-order chi connectivity index (χ1) is 8.72. The lowest BCUT2D eigenvalue weighted by Crippen LogP contribution is -2.33. The Bertz CT molecular complexity index is 589. The number of carbonyl (C=O) groups is 1. The molecule has 0 heterocycles. The average molecular weight is 238 g/mol. The zero-order valence-electron chi connectivity index (χ0n) is 9.97. The van der Waals surface area contributed by atoms with E-state index in [1.165, 1.54) is 0 Å². The summed E-state index contributed by atoms with van der Waals surface area (Å²) in [6.07, 6.45) is 1.23. The van der Waals surface area contributed by atoms with Gasteiger partial charge in [-0.25, -0.2) is 0 Å². The Morgan fingerprint density at radius 1 is 1.00 bits per heavy atom. The van der Waals surface area contributed by atoms with Gasteiger partial charge in [-0.05, 0) is 24.0 Å². The molecule has 0 amide bonds. The zero-order chi connectivity index (χ0) is 12.6. The fourth-order valence-electron chi connectivity index (χ4n) is 2.66. The monoisotopic (exact) mass is 238 g/mol. The van der Waals surface area contributed by atoms with Crippen molar-refractivity contribution in [2.24, 2.45) is 0 Å². The fourth-order valence-corrected chi connectivity index (χ4v) is 2.66. The molecule has 0 saturated heterocycles. The standard InChI is InChI=1S/C16H14O2/c17-15(13-7-2-1-3-8-13)16(18)11-10-12-6-4-5-9-14(12)16/h1-9,18H,10-11H2. The second-order valence-electron chi connectivity index (χ2n) is 4.71. The van der Waals surface area contributed by atoms with Gasteiger partial charge in [0.15, 0.2) is 11.4 Å². The Balaban J connectivity index is 2.05. The highest BCUT2D eigenvalue weighted by molar-refractivity contribution is 6.03. The SMILES string of the molecule is O=C(c1ccccc1)C1(O)CCc2ccccc21. The van der Waals surface area contributed by atoms with Gasteiger partial charge in [-0.15, -0.1) is 0 Å². The van der Waals surface area contributed by atoms with Crippen molar-refractivity contribution in [1.82, 2.24) is 0 Å². The van der Waals surface area contributed by atoms with E-state index >= 15 is 0 Å². The van der Waals surface area contributed by atoms with E-state index in [4.69, 9.17) is 0 Å². The maximum atomic E-state index is 12.5. The maximum Gasteiger partial charge on any atom is 0.198 e. The number of aryl methyl sites for hydroxylation is 1. The molecule has 1 aliphatic rings. The van der Waals surface area contributed by atoms with Crippen LogP contribution in [0, 0.1) is 0 Å². The molecule has 2 nitrogen and oxygen atoms in total. The predicted molar refractivity (Wildman–Crippen MR) is 69.4 cm³/mol. The van der Waals surface area contributed by atoms with Crippen LogP contribution in [0.25, 0.3) is 0 Å². The first-order valence-corrected chi connectivity index (χ1v) is 6.12. The highest BCUT2D eigenvalue weighted by Crippen LogP contribution is 2.39. The van der Waals surface area contributed by atoms with Crippen molar-refractivity contribution in [2.75, 3.05) is 0 Å². The molecule has 0 fully saturated rings. The van der Waals surface area contributed by atoms with Gasteiger partial charge in [0.25, 0.3) is 0 Å².